The van der Waals surface area contributed by atoms with E-state index in [0.717, 1.165) is 0 Å². The molecular weight excluding hydrogens is 893 g/mol. The van der Waals surface area contributed by atoms with E-state index in [1.807, 2.05) is 0 Å². The highest BCUT2D eigenvalue weighted by molar-refractivity contribution is 6.34. The van der Waals surface area contributed by atoms with Crippen molar-refractivity contribution in [2.24, 2.45) is 22.0 Å². The number of aromatic hydroxyl groups is 2. The first kappa shape index (κ1) is 47.6. The zero-order chi connectivity index (χ0) is 50.3. The molecule has 0 spiro atoms. The van der Waals surface area contributed by atoms with Gasteiger partial charge in [0, 0.05) is 57.2 Å². The van der Waals surface area contributed by atoms with Gasteiger partial charge in [0.2, 0.25) is 11.6 Å². The van der Waals surface area contributed by atoms with Crippen LogP contribution in [0.1, 0.15) is 41.5 Å². The number of phenolic OH excluding ortho intramolecular Hbond substituents is 2. The number of phenols is 2. The summed E-state index contributed by atoms with van der Waals surface area (Å²) < 4.78 is 0. The molecule has 16 heteroatoms. The van der Waals surface area contributed by atoms with Crippen LogP contribution in [0.25, 0.3) is 0 Å². The molecule has 0 heterocycles. The molecule has 0 amide bonds. The van der Waals surface area contributed by atoms with Gasteiger partial charge in [0.15, 0.2) is 34.7 Å². The average Bonchev–Trinajstić information content (AvgIpc) is 3.32. The molecule has 16 nitrogen and oxygen atoms in total. The van der Waals surface area contributed by atoms with Gasteiger partial charge in [0.05, 0.1) is 34.7 Å². The van der Waals surface area contributed by atoms with Crippen molar-refractivity contribution in [1.82, 2.24) is 10.9 Å². The molecule has 0 saturated carbocycles. The van der Waals surface area contributed by atoms with Crippen LogP contribution in [0.3, 0.4) is 0 Å². The number of hydrogen-bond acceptors (Lipinski definition) is 16. The quantitative estimate of drug-likeness (QED) is 0.0494. The van der Waals surface area contributed by atoms with Gasteiger partial charge >= 0.3 is 0 Å². The Kier molecular flexibility index (Phi) is 12.9. The zero-order valence-electron chi connectivity index (χ0n) is 38.8. The Morgan fingerprint density at radius 3 is 1.11 bits per heavy atom. The lowest BCUT2D eigenvalue weighted by Gasteiger charge is -2.40. The number of anilines is 2. The van der Waals surface area contributed by atoms with Crippen molar-refractivity contribution >= 4 is 57.5 Å². The molecule has 0 radical (unpaired) electrons. The minimum absolute atomic E-state index is 0.0191. The number of nitrogens with one attached hydrogen (secondary N) is 4. The molecule has 0 aliphatic heterocycles. The number of nitrogens with zero attached hydrogens (tertiary/aromatic N) is 2. The molecule has 2 unspecified atom stereocenters. The summed E-state index contributed by atoms with van der Waals surface area (Å²) >= 11 is 0. The summed E-state index contributed by atoms with van der Waals surface area (Å²) in [6, 6.07) is 9.57. The van der Waals surface area contributed by atoms with E-state index >= 15 is 9.59 Å². The molecule has 0 bridgehead atoms. The second-order valence-corrected chi connectivity index (χ2v) is 17.7. The molecule has 2 atom stereocenters. The molecule has 354 valence electrons. The Morgan fingerprint density at radius 1 is 0.471 bits per heavy atom. The van der Waals surface area contributed by atoms with Crippen molar-refractivity contribution in [2.75, 3.05) is 10.6 Å². The van der Waals surface area contributed by atoms with E-state index < -0.39 is 58.6 Å². The zero-order valence-corrected chi connectivity index (χ0v) is 38.8. The van der Waals surface area contributed by atoms with Gasteiger partial charge in [-0.15, -0.1) is 0 Å². The lowest BCUT2D eigenvalue weighted by Crippen LogP contribution is -2.44. The van der Waals surface area contributed by atoms with Crippen molar-refractivity contribution in [2.45, 2.75) is 53.6 Å². The Balaban J connectivity index is 1.40. The Hall–Kier alpha value is -8.92. The highest BCUT2D eigenvalue weighted by Gasteiger charge is 2.50. The minimum atomic E-state index is -1.13. The van der Waals surface area contributed by atoms with Crippen LogP contribution < -0.4 is 21.5 Å². The standard InChI is InChI=1S/C54H48N6O10/c1-25(2)39-45-43(37(49(65)53(39)69)23-55-29-7-15-33(61)16-8-29)51(67)41(27(5)47(45)59-57-31-11-19-35(63)20-12-31)42-28(6)48(60-58-32-13-21-36(64)22-14-32)46-40(26(3)4)54(70)50(66)38(44(46)52(42)68)24-56-30-9-17-34(62)18-10-30/h7-26,47-48,55-56,59-62,69-70H,1-6H3/b37-23-,38-24-. The monoisotopic (exact) mass is 940 g/mol. The van der Waals surface area contributed by atoms with Crippen LogP contribution in [-0.4, -0.2) is 78.6 Å². The van der Waals surface area contributed by atoms with Gasteiger partial charge in [0.1, 0.15) is 11.5 Å². The van der Waals surface area contributed by atoms with Crippen LogP contribution in [-0.2, 0) is 28.8 Å². The number of allylic oxidation sites excluding steroid dienone is 14. The van der Waals surface area contributed by atoms with Crippen molar-refractivity contribution in [1.29, 1.82) is 0 Å². The van der Waals surface area contributed by atoms with Crippen LogP contribution in [0, 0.1) is 11.8 Å². The van der Waals surface area contributed by atoms with Gasteiger partial charge in [-0.2, -0.15) is 10.2 Å². The van der Waals surface area contributed by atoms with E-state index in [9.17, 15) is 39.6 Å². The maximum absolute atomic E-state index is 15.9. The smallest absolute Gasteiger partial charge is 0.229 e. The average molecular weight is 941 g/mol. The molecule has 0 aromatic heterocycles. The predicted molar refractivity (Wildman–Crippen MR) is 263 cm³/mol. The maximum atomic E-state index is 15.9. The predicted octanol–water partition coefficient (Wildman–Crippen LogP) is 6.90. The first-order valence-corrected chi connectivity index (χ1v) is 22.3. The van der Waals surface area contributed by atoms with Crippen LogP contribution in [0.5, 0.6) is 11.5 Å². The number of hydrazone groups is 2. The van der Waals surface area contributed by atoms with Crippen LogP contribution >= 0.6 is 0 Å². The first-order chi connectivity index (χ1) is 33.4. The van der Waals surface area contributed by atoms with Crippen LogP contribution in [0.2, 0.25) is 0 Å². The number of carbonyl (C=O) groups is 6. The fourth-order valence-corrected chi connectivity index (χ4v) is 9.09. The fourth-order valence-electron chi connectivity index (χ4n) is 9.09. The molecule has 8 N–H and O–H groups in total. The van der Waals surface area contributed by atoms with Gasteiger partial charge in [-0.25, -0.2) is 0 Å². The summed E-state index contributed by atoms with van der Waals surface area (Å²) in [6.07, 6.45) is 13.8. The second kappa shape index (κ2) is 19.0. The number of benzene rings is 2. The summed E-state index contributed by atoms with van der Waals surface area (Å²) in [5.74, 6) is -6.19. The molecule has 2 aromatic carbocycles. The SMILES string of the molecule is CC1=C(C2=C(C)C(NN=C3C=CC(=O)C=C3)C3=C(C2=O)/C(=C/Nc2ccc(O)cc2)C(=O)C(O)=C3C(C)C)C(=O)C2=C(C(C(C)C)=C(O)C(=O)/C2=C\Nc2ccc(O)cc2)C1NN=C1C=CC(=O)C=C1. The summed E-state index contributed by atoms with van der Waals surface area (Å²) in [7, 11) is 0. The summed E-state index contributed by atoms with van der Waals surface area (Å²) in [4.78, 5) is 84.9. The fraction of sp³-hybridized carbons (Fsp3) is 0.185. The lowest BCUT2D eigenvalue weighted by molar-refractivity contribution is -0.117. The van der Waals surface area contributed by atoms with Gasteiger partial charge in [0.25, 0.3) is 0 Å². The summed E-state index contributed by atoms with van der Waals surface area (Å²) in [5.41, 5.74) is 7.79. The minimum Gasteiger partial charge on any atom is -0.508 e. The molecule has 0 saturated heterocycles. The Morgan fingerprint density at radius 2 is 0.800 bits per heavy atom. The van der Waals surface area contributed by atoms with Gasteiger partial charge < -0.3 is 31.1 Å². The number of carbonyl (C=O) groups excluding carboxylic acids is 6. The Bertz CT molecular complexity index is 2940. The van der Waals surface area contributed by atoms with Crippen molar-refractivity contribution in [3.05, 3.63) is 188 Å². The normalized spacial score (nSPS) is 21.7. The van der Waals surface area contributed by atoms with Crippen LogP contribution in [0.15, 0.2) is 198 Å². The van der Waals surface area contributed by atoms with Crippen LogP contribution in [0.4, 0.5) is 11.4 Å². The first-order valence-electron chi connectivity index (χ1n) is 22.3. The Labute approximate surface area is 402 Å². The number of Topliss-reactive ketones (excluding diaryl/α,β-unsaturated/α-hetero) is 4. The third-order valence-corrected chi connectivity index (χ3v) is 12.5. The molecular formula is C54H48N6O10. The van der Waals surface area contributed by atoms with Gasteiger partial charge in [-0.1, -0.05) is 27.7 Å². The van der Waals surface area contributed by atoms with Crippen molar-refractivity contribution < 1.29 is 49.2 Å². The number of aliphatic hydroxyl groups excluding tert-OH is 2. The summed E-state index contributed by atoms with van der Waals surface area (Å²) in [6.45, 7) is 10.2. The number of hydrogen-bond donors (Lipinski definition) is 8. The van der Waals surface area contributed by atoms with Gasteiger partial charge in [-0.3, -0.25) is 39.6 Å². The topological polar surface area (TPSA) is 256 Å². The van der Waals surface area contributed by atoms with E-state index in [1.54, 1.807) is 41.5 Å². The third-order valence-electron chi connectivity index (χ3n) is 12.5. The molecule has 0 fully saturated rings. The number of rotatable bonds is 11. The lowest BCUT2D eigenvalue weighted by atomic mass is 9.65. The van der Waals surface area contributed by atoms with Gasteiger partial charge in [-0.05, 0) is 145 Å². The van der Waals surface area contributed by atoms with E-state index in [4.69, 9.17) is 0 Å². The third kappa shape index (κ3) is 8.73. The van der Waals surface area contributed by atoms with E-state index in [-0.39, 0.29) is 89.9 Å². The maximum Gasteiger partial charge on any atom is 0.229 e. The van der Waals surface area contributed by atoms with Crippen molar-refractivity contribution in [3.63, 3.8) is 0 Å². The molecule has 2 aromatic rings. The van der Waals surface area contributed by atoms with E-state index in [1.165, 1.54) is 110 Å². The van der Waals surface area contributed by atoms with E-state index in [2.05, 4.69) is 31.7 Å². The number of ketones is 6. The largest absolute Gasteiger partial charge is 0.508 e. The highest BCUT2D eigenvalue weighted by atomic mass is 16.3. The molecule has 6 aliphatic carbocycles. The molecule has 8 rings (SSSR count). The molecule has 70 heavy (non-hydrogen) atoms. The van der Waals surface area contributed by atoms with Crippen molar-refractivity contribution in [3.8, 4) is 11.5 Å². The van der Waals surface area contributed by atoms with E-state index in [0.29, 0.717) is 22.8 Å². The second-order valence-electron chi connectivity index (χ2n) is 17.7. The summed E-state index contributed by atoms with van der Waals surface area (Å²) in [5, 5.41) is 58.7. The molecule has 6 aliphatic rings. The highest BCUT2D eigenvalue weighted by Crippen LogP contribution is 2.49. The number of aliphatic hydroxyl groups is 2.